The Balaban J connectivity index is 1.94. The fraction of sp³-hybridized carbons (Fsp3) is 0.462. The minimum absolute atomic E-state index is 0.0351. The van der Waals surface area contributed by atoms with Crippen molar-refractivity contribution in [1.29, 1.82) is 0 Å². The van der Waals surface area contributed by atoms with E-state index in [1.165, 1.54) is 6.07 Å². The lowest BCUT2D eigenvalue weighted by Gasteiger charge is -2.33. The Morgan fingerprint density at radius 2 is 2.00 bits per heavy atom. The third kappa shape index (κ3) is 2.42. The standard InChI is InChI=1S/C13H13F2N5O2/c1-7-3-8(2)11(20(21)22)4-10(7)12-16-18-19(17-12)9-5-13(14,15)6-9/h3-4,9H,5-6H2,1-2H3. The summed E-state index contributed by atoms with van der Waals surface area (Å²) in [6.07, 6.45) is -0.619. The summed E-state index contributed by atoms with van der Waals surface area (Å²) in [6.45, 7) is 3.43. The van der Waals surface area contributed by atoms with E-state index in [4.69, 9.17) is 0 Å². The maximum Gasteiger partial charge on any atom is 0.273 e. The molecule has 1 aliphatic rings. The van der Waals surface area contributed by atoms with Crippen molar-refractivity contribution in [3.05, 3.63) is 33.4 Å². The summed E-state index contributed by atoms with van der Waals surface area (Å²) in [7, 11) is 0. The second-order valence-corrected chi connectivity index (χ2v) is 5.56. The van der Waals surface area contributed by atoms with E-state index in [-0.39, 0.29) is 24.4 Å². The van der Waals surface area contributed by atoms with Gasteiger partial charge in [-0.15, -0.1) is 10.2 Å². The third-order valence-corrected chi connectivity index (χ3v) is 3.80. The van der Waals surface area contributed by atoms with Crippen LogP contribution in [0.15, 0.2) is 12.1 Å². The lowest BCUT2D eigenvalue weighted by atomic mass is 9.89. The summed E-state index contributed by atoms with van der Waals surface area (Å²) in [5.41, 5.74) is 1.75. The molecule has 0 spiro atoms. The van der Waals surface area contributed by atoms with Crippen LogP contribution in [0.5, 0.6) is 0 Å². The van der Waals surface area contributed by atoms with Gasteiger partial charge in [0.25, 0.3) is 11.6 Å². The summed E-state index contributed by atoms with van der Waals surface area (Å²) >= 11 is 0. The number of hydrogen-bond donors (Lipinski definition) is 0. The van der Waals surface area contributed by atoms with Gasteiger partial charge in [0, 0.05) is 30.0 Å². The number of aryl methyl sites for hydroxylation is 2. The zero-order valence-electron chi connectivity index (χ0n) is 12.0. The Bertz CT molecular complexity index is 751. The summed E-state index contributed by atoms with van der Waals surface area (Å²) in [5, 5.41) is 22.7. The Morgan fingerprint density at radius 1 is 1.32 bits per heavy atom. The molecule has 0 N–H and O–H groups in total. The van der Waals surface area contributed by atoms with Gasteiger partial charge in [-0.3, -0.25) is 10.1 Å². The van der Waals surface area contributed by atoms with E-state index in [1.54, 1.807) is 19.9 Å². The Morgan fingerprint density at radius 3 is 2.59 bits per heavy atom. The Labute approximate surface area is 124 Å². The van der Waals surface area contributed by atoms with Crippen molar-refractivity contribution in [2.24, 2.45) is 0 Å². The smallest absolute Gasteiger partial charge is 0.258 e. The molecule has 0 bridgehead atoms. The molecule has 3 rings (SSSR count). The third-order valence-electron chi connectivity index (χ3n) is 3.80. The number of rotatable bonds is 3. The summed E-state index contributed by atoms with van der Waals surface area (Å²) in [6, 6.07) is 2.59. The monoisotopic (exact) mass is 309 g/mol. The molecule has 0 aliphatic heterocycles. The van der Waals surface area contributed by atoms with Gasteiger partial charge in [-0.1, -0.05) is 0 Å². The van der Waals surface area contributed by atoms with Gasteiger partial charge in [-0.2, -0.15) is 4.80 Å². The summed E-state index contributed by atoms with van der Waals surface area (Å²) in [4.78, 5) is 11.7. The average molecular weight is 309 g/mol. The molecule has 22 heavy (non-hydrogen) atoms. The van der Waals surface area contributed by atoms with Crippen molar-refractivity contribution in [2.75, 3.05) is 0 Å². The van der Waals surface area contributed by atoms with Gasteiger partial charge in [-0.05, 0) is 30.7 Å². The fourth-order valence-electron chi connectivity index (χ4n) is 2.56. The molecule has 2 aromatic rings. The number of nitro benzene ring substituents is 1. The van der Waals surface area contributed by atoms with Crippen LogP contribution in [0.1, 0.15) is 30.0 Å². The van der Waals surface area contributed by atoms with Gasteiger partial charge in [0.05, 0.1) is 11.0 Å². The molecule has 0 amide bonds. The van der Waals surface area contributed by atoms with Crippen molar-refractivity contribution in [3.63, 3.8) is 0 Å². The number of aromatic nitrogens is 4. The Hall–Kier alpha value is -2.45. The number of nitro groups is 1. The van der Waals surface area contributed by atoms with E-state index in [0.717, 1.165) is 10.4 Å². The van der Waals surface area contributed by atoms with Crippen LogP contribution in [0.4, 0.5) is 14.5 Å². The van der Waals surface area contributed by atoms with Crippen LogP contribution in [0.2, 0.25) is 0 Å². The van der Waals surface area contributed by atoms with Crippen LogP contribution < -0.4 is 0 Å². The predicted octanol–water partition coefficient (Wildman–Crippen LogP) is 2.84. The molecule has 0 saturated heterocycles. The predicted molar refractivity (Wildman–Crippen MR) is 72.6 cm³/mol. The van der Waals surface area contributed by atoms with Gasteiger partial charge < -0.3 is 0 Å². The van der Waals surface area contributed by atoms with Crippen molar-refractivity contribution < 1.29 is 13.7 Å². The zero-order valence-corrected chi connectivity index (χ0v) is 12.0. The number of tetrazole rings is 1. The van der Waals surface area contributed by atoms with Crippen LogP contribution in [0.3, 0.4) is 0 Å². The SMILES string of the molecule is Cc1cc(C)c([N+](=O)[O-])cc1-c1nnn(C2CC(F)(F)C2)n1. The van der Waals surface area contributed by atoms with E-state index in [1.807, 2.05) is 0 Å². The zero-order chi connectivity index (χ0) is 16.1. The van der Waals surface area contributed by atoms with Crippen LogP contribution in [0, 0.1) is 24.0 Å². The normalized spacial score (nSPS) is 17.3. The molecule has 1 aromatic carbocycles. The largest absolute Gasteiger partial charge is 0.273 e. The number of hydrogen-bond acceptors (Lipinski definition) is 5. The van der Waals surface area contributed by atoms with Crippen LogP contribution in [-0.4, -0.2) is 31.1 Å². The number of halogens is 2. The summed E-state index contributed by atoms with van der Waals surface area (Å²) < 4.78 is 25.8. The Kier molecular flexibility index (Phi) is 3.15. The molecule has 1 aromatic heterocycles. The van der Waals surface area contributed by atoms with Crippen molar-refractivity contribution >= 4 is 5.69 Å². The van der Waals surface area contributed by atoms with Crippen LogP contribution >= 0.6 is 0 Å². The van der Waals surface area contributed by atoms with Crippen molar-refractivity contribution in [2.45, 2.75) is 38.7 Å². The molecule has 7 nitrogen and oxygen atoms in total. The lowest BCUT2D eigenvalue weighted by molar-refractivity contribution is -0.385. The number of alkyl halides is 2. The number of nitrogens with zero attached hydrogens (tertiary/aromatic N) is 5. The van der Waals surface area contributed by atoms with Gasteiger partial charge in [0.2, 0.25) is 5.82 Å². The van der Waals surface area contributed by atoms with E-state index in [2.05, 4.69) is 15.4 Å². The first kappa shape index (κ1) is 14.5. The van der Waals surface area contributed by atoms with Gasteiger partial charge in [-0.25, -0.2) is 8.78 Å². The molecule has 0 atom stereocenters. The summed E-state index contributed by atoms with van der Waals surface area (Å²) in [5.74, 6) is -2.47. The molecular formula is C13H13F2N5O2. The highest BCUT2D eigenvalue weighted by Crippen LogP contribution is 2.44. The van der Waals surface area contributed by atoms with E-state index < -0.39 is 16.9 Å². The molecule has 1 aliphatic carbocycles. The van der Waals surface area contributed by atoms with E-state index in [9.17, 15) is 18.9 Å². The fourth-order valence-corrected chi connectivity index (χ4v) is 2.56. The maximum absolute atomic E-state index is 12.9. The molecule has 1 saturated carbocycles. The van der Waals surface area contributed by atoms with Gasteiger partial charge >= 0.3 is 0 Å². The first-order valence-electron chi connectivity index (χ1n) is 6.70. The van der Waals surface area contributed by atoms with Crippen LogP contribution in [-0.2, 0) is 0 Å². The first-order valence-corrected chi connectivity index (χ1v) is 6.70. The molecule has 0 radical (unpaired) electrons. The van der Waals surface area contributed by atoms with Crippen molar-refractivity contribution in [3.8, 4) is 11.4 Å². The second-order valence-electron chi connectivity index (χ2n) is 5.56. The highest BCUT2D eigenvalue weighted by Gasteiger charge is 2.47. The molecule has 9 heteroatoms. The highest BCUT2D eigenvalue weighted by atomic mass is 19.3. The number of benzene rings is 1. The minimum Gasteiger partial charge on any atom is -0.258 e. The highest BCUT2D eigenvalue weighted by molar-refractivity contribution is 5.65. The van der Waals surface area contributed by atoms with E-state index >= 15 is 0 Å². The quantitative estimate of drug-likeness (QED) is 0.642. The van der Waals surface area contributed by atoms with Crippen LogP contribution in [0.25, 0.3) is 11.4 Å². The van der Waals surface area contributed by atoms with Gasteiger partial charge in [0.1, 0.15) is 0 Å². The van der Waals surface area contributed by atoms with Crippen molar-refractivity contribution in [1.82, 2.24) is 20.2 Å². The minimum atomic E-state index is -2.67. The molecule has 1 heterocycles. The first-order chi connectivity index (χ1) is 10.3. The molecule has 1 fully saturated rings. The molecule has 0 unspecified atom stereocenters. The molecule has 116 valence electrons. The second kappa shape index (κ2) is 4.79. The maximum atomic E-state index is 12.9. The lowest BCUT2D eigenvalue weighted by Crippen LogP contribution is -2.38. The molecular weight excluding hydrogens is 296 g/mol. The average Bonchev–Trinajstić information content (AvgIpc) is 2.84. The topological polar surface area (TPSA) is 86.7 Å². The van der Waals surface area contributed by atoms with Gasteiger partial charge in [0.15, 0.2) is 0 Å². The van der Waals surface area contributed by atoms with E-state index in [0.29, 0.717) is 11.1 Å².